The Balaban J connectivity index is 2.98. The van der Waals surface area contributed by atoms with Gasteiger partial charge in [0, 0.05) is 5.02 Å². The molecular formula is C8H5BrClN. The minimum Gasteiger partial charge on any atom is -0.197 e. The van der Waals surface area contributed by atoms with Crippen molar-refractivity contribution in [3.05, 3.63) is 34.9 Å². The molecule has 0 saturated carbocycles. The molecule has 1 atom stereocenters. The van der Waals surface area contributed by atoms with Gasteiger partial charge in [0.15, 0.2) is 0 Å². The highest BCUT2D eigenvalue weighted by Crippen LogP contribution is 2.23. The van der Waals surface area contributed by atoms with Crippen LogP contribution in [0.3, 0.4) is 0 Å². The molecule has 56 valence electrons. The zero-order valence-electron chi connectivity index (χ0n) is 5.59. The lowest BCUT2D eigenvalue weighted by Crippen LogP contribution is -1.83. The molecule has 3 heteroatoms. The third kappa shape index (κ3) is 2.21. The van der Waals surface area contributed by atoms with Gasteiger partial charge in [-0.05, 0) is 17.7 Å². The van der Waals surface area contributed by atoms with E-state index in [1.54, 1.807) is 12.1 Å². The molecular weight excluding hydrogens is 225 g/mol. The van der Waals surface area contributed by atoms with Crippen molar-refractivity contribution >= 4 is 27.5 Å². The van der Waals surface area contributed by atoms with E-state index in [1.807, 2.05) is 12.1 Å². The number of halogens is 2. The zero-order valence-corrected chi connectivity index (χ0v) is 7.93. The maximum Gasteiger partial charge on any atom is 0.126 e. The lowest BCUT2D eigenvalue weighted by Gasteiger charge is -1.99. The van der Waals surface area contributed by atoms with Crippen molar-refractivity contribution in [1.29, 1.82) is 5.26 Å². The summed E-state index contributed by atoms with van der Waals surface area (Å²) in [5.41, 5.74) is 0.889. The normalized spacial score (nSPS) is 12.1. The van der Waals surface area contributed by atoms with Crippen molar-refractivity contribution in [2.75, 3.05) is 0 Å². The molecule has 0 aliphatic heterocycles. The Hall–Kier alpha value is -0.520. The fourth-order valence-electron chi connectivity index (χ4n) is 0.739. The summed E-state index contributed by atoms with van der Waals surface area (Å²) < 4.78 is 0. The molecule has 0 N–H and O–H groups in total. The number of hydrogen-bond acceptors (Lipinski definition) is 1. The maximum atomic E-state index is 8.54. The second-order valence-electron chi connectivity index (χ2n) is 2.05. The van der Waals surface area contributed by atoms with E-state index in [2.05, 4.69) is 22.0 Å². The highest BCUT2D eigenvalue weighted by Gasteiger charge is 2.04. The quantitative estimate of drug-likeness (QED) is 0.679. The van der Waals surface area contributed by atoms with Gasteiger partial charge in [-0.2, -0.15) is 5.26 Å². The van der Waals surface area contributed by atoms with Crippen LogP contribution in [0.15, 0.2) is 24.3 Å². The lowest BCUT2D eigenvalue weighted by molar-refractivity contribution is 1.25. The van der Waals surface area contributed by atoms with Crippen LogP contribution < -0.4 is 0 Å². The Morgan fingerprint density at radius 1 is 1.55 bits per heavy atom. The summed E-state index contributed by atoms with van der Waals surface area (Å²) in [6, 6.07) is 9.29. The van der Waals surface area contributed by atoms with Gasteiger partial charge in [0.05, 0.1) is 6.07 Å². The van der Waals surface area contributed by atoms with Crippen molar-refractivity contribution < 1.29 is 0 Å². The first-order chi connectivity index (χ1) is 5.24. The van der Waals surface area contributed by atoms with Gasteiger partial charge in [-0.1, -0.05) is 39.7 Å². The van der Waals surface area contributed by atoms with Gasteiger partial charge in [0.25, 0.3) is 0 Å². The van der Waals surface area contributed by atoms with Gasteiger partial charge in [0.2, 0.25) is 0 Å². The SMILES string of the molecule is N#CC(Br)c1cccc(Cl)c1. The van der Waals surface area contributed by atoms with Crippen LogP contribution in [0.2, 0.25) is 5.02 Å². The molecule has 11 heavy (non-hydrogen) atoms. The molecule has 1 unspecified atom stereocenters. The first kappa shape index (κ1) is 8.58. The summed E-state index contributed by atoms with van der Waals surface area (Å²) in [6.07, 6.45) is 0. The Morgan fingerprint density at radius 2 is 2.27 bits per heavy atom. The van der Waals surface area contributed by atoms with Crippen molar-refractivity contribution in [3.63, 3.8) is 0 Å². The van der Waals surface area contributed by atoms with Crippen molar-refractivity contribution in [1.82, 2.24) is 0 Å². The molecule has 1 nitrogen and oxygen atoms in total. The number of rotatable bonds is 1. The van der Waals surface area contributed by atoms with Crippen LogP contribution in [0.1, 0.15) is 10.4 Å². The third-order valence-electron chi connectivity index (χ3n) is 1.25. The zero-order chi connectivity index (χ0) is 8.27. The molecule has 0 amide bonds. The Labute approximate surface area is 78.7 Å². The molecule has 0 bridgehead atoms. The molecule has 0 aliphatic carbocycles. The molecule has 0 aromatic heterocycles. The van der Waals surface area contributed by atoms with Gasteiger partial charge in [-0.25, -0.2) is 0 Å². The van der Waals surface area contributed by atoms with E-state index in [0.717, 1.165) is 5.56 Å². The first-order valence-corrected chi connectivity index (χ1v) is 4.32. The van der Waals surface area contributed by atoms with E-state index < -0.39 is 0 Å². The summed E-state index contributed by atoms with van der Waals surface area (Å²) in [5.74, 6) is 0. The second kappa shape index (κ2) is 3.75. The lowest BCUT2D eigenvalue weighted by atomic mass is 10.2. The van der Waals surface area contributed by atoms with Gasteiger partial charge >= 0.3 is 0 Å². The van der Waals surface area contributed by atoms with Crippen LogP contribution in [-0.4, -0.2) is 0 Å². The molecule has 1 aromatic rings. The maximum absolute atomic E-state index is 8.54. The third-order valence-corrected chi connectivity index (χ3v) is 2.22. The Bertz CT molecular complexity index is 292. The van der Waals surface area contributed by atoms with E-state index in [4.69, 9.17) is 16.9 Å². The summed E-state index contributed by atoms with van der Waals surface area (Å²) in [4.78, 5) is -0.263. The fourth-order valence-corrected chi connectivity index (χ4v) is 1.22. The van der Waals surface area contributed by atoms with Crippen LogP contribution in [0.25, 0.3) is 0 Å². The van der Waals surface area contributed by atoms with Crippen molar-refractivity contribution in [2.45, 2.75) is 4.83 Å². The minimum absolute atomic E-state index is 0.263. The first-order valence-electron chi connectivity index (χ1n) is 3.03. The molecule has 0 heterocycles. The van der Waals surface area contributed by atoms with E-state index in [0.29, 0.717) is 5.02 Å². The molecule has 1 aromatic carbocycles. The van der Waals surface area contributed by atoms with E-state index >= 15 is 0 Å². The van der Waals surface area contributed by atoms with Crippen LogP contribution in [0.5, 0.6) is 0 Å². The molecule has 0 aliphatic rings. The average molecular weight is 230 g/mol. The minimum atomic E-state index is -0.263. The van der Waals surface area contributed by atoms with Crippen LogP contribution in [0, 0.1) is 11.3 Å². The Kier molecular flexibility index (Phi) is 2.92. The number of nitriles is 1. The van der Waals surface area contributed by atoms with E-state index in [1.165, 1.54) is 0 Å². The van der Waals surface area contributed by atoms with Gasteiger partial charge in [-0.15, -0.1) is 0 Å². The molecule has 0 saturated heterocycles. The predicted molar refractivity (Wildman–Crippen MR) is 48.7 cm³/mol. The van der Waals surface area contributed by atoms with Crippen molar-refractivity contribution in [2.24, 2.45) is 0 Å². The molecule has 0 fully saturated rings. The van der Waals surface area contributed by atoms with Crippen molar-refractivity contribution in [3.8, 4) is 6.07 Å². The summed E-state index contributed by atoms with van der Waals surface area (Å²) in [6.45, 7) is 0. The smallest absolute Gasteiger partial charge is 0.126 e. The monoisotopic (exact) mass is 229 g/mol. The number of hydrogen-bond donors (Lipinski definition) is 0. The van der Waals surface area contributed by atoms with E-state index in [-0.39, 0.29) is 4.83 Å². The highest BCUT2D eigenvalue weighted by atomic mass is 79.9. The fraction of sp³-hybridized carbons (Fsp3) is 0.125. The van der Waals surface area contributed by atoms with Gasteiger partial charge < -0.3 is 0 Å². The predicted octanol–water partition coefficient (Wildman–Crippen LogP) is 3.30. The molecule has 0 radical (unpaired) electrons. The summed E-state index contributed by atoms with van der Waals surface area (Å²) in [5, 5.41) is 9.19. The molecule has 0 spiro atoms. The number of alkyl halides is 1. The summed E-state index contributed by atoms with van der Waals surface area (Å²) in [7, 11) is 0. The number of benzene rings is 1. The van der Waals surface area contributed by atoms with Crippen LogP contribution in [0.4, 0.5) is 0 Å². The van der Waals surface area contributed by atoms with E-state index in [9.17, 15) is 0 Å². The second-order valence-corrected chi connectivity index (χ2v) is 3.40. The standard InChI is InChI=1S/C8H5BrClN/c9-8(5-11)6-2-1-3-7(10)4-6/h1-4,8H. The summed E-state index contributed by atoms with van der Waals surface area (Å²) >= 11 is 8.91. The number of nitrogens with zero attached hydrogens (tertiary/aromatic N) is 1. The Morgan fingerprint density at radius 3 is 2.82 bits per heavy atom. The van der Waals surface area contributed by atoms with Gasteiger partial charge in [0.1, 0.15) is 4.83 Å². The van der Waals surface area contributed by atoms with Crippen LogP contribution in [-0.2, 0) is 0 Å². The van der Waals surface area contributed by atoms with Gasteiger partial charge in [-0.3, -0.25) is 0 Å². The largest absolute Gasteiger partial charge is 0.197 e. The average Bonchev–Trinajstić information content (AvgIpc) is 2.03. The van der Waals surface area contributed by atoms with Crippen LogP contribution >= 0.6 is 27.5 Å². The topological polar surface area (TPSA) is 23.8 Å². The highest BCUT2D eigenvalue weighted by molar-refractivity contribution is 9.09. The molecule has 1 rings (SSSR count).